The largest absolute Gasteiger partial charge is 0.485 e. The van der Waals surface area contributed by atoms with Crippen LogP contribution in [-0.2, 0) is 6.61 Å². The molecule has 0 atom stereocenters. The number of ether oxygens (including phenoxy) is 1. The van der Waals surface area contributed by atoms with Crippen LogP contribution in [0.3, 0.4) is 0 Å². The number of aromatic nitrogens is 2. The highest BCUT2D eigenvalue weighted by Crippen LogP contribution is 2.25. The van der Waals surface area contributed by atoms with Crippen molar-refractivity contribution in [3.8, 4) is 5.75 Å². The Balaban J connectivity index is 1.54. The summed E-state index contributed by atoms with van der Waals surface area (Å²) in [5, 5.41) is 2.87. The van der Waals surface area contributed by atoms with Crippen LogP contribution in [0.5, 0.6) is 5.75 Å². The van der Waals surface area contributed by atoms with Crippen LogP contribution < -0.4 is 15.6 Å². The van der Waals surface area contributed by atoms with E-state index < -0.39 is 0 Å². The number of carbonyl (C=O) groups excluding carboxylic acids is 1. The van der Waals surface area contributed by atoms with Crippen molar-refractivity contribution in [2.24, 2.45) is 0 Å². The van der Waals surface area contributed by atoms with Gasteiger partial charge in [0.15, 0.2) is 0 Å². The van der Waals surface area contributed by atoms with Crippen molar-refractivity contribution in [2.75, 3.05) is 5.32 Å². The number of hydrogen-bond acceptors (Lipinski definition) is 4. The number of aryl methyl sites for hydroxylation is 1. The zero-order valence-electron chi connectivity index (χ0n) is 16.1. The third kappa shape index (κ3) is 4.41. The molecular weight excluding hydrogens is 446 g/mol. The van der Waals surface area contributed by atoms with Gasteiger partial charge in [0.1, 0.15) is 18.0 Å². The number of hydrogen-bond donors (Lipinski definition) is 1. The van der Waals surface area contributed by atoms with Gasteiger partial charge in [0, 0.05) is 22.3 Å². The van der Waals surface area contributed by atoms with E-state index in [0.29, 0.717) is 28.3 Å². The van der Waals surface area contributed by atoms with Gasteiger partial charge in [-0.2, -0.15) is 0 Å². The molecule has 0 saturated carbocycles. The predicted octanol–water partition coefficient (Wildman–Crippen LogP) is 4.60. The first-order chi connectivity index (χ1) is 14.5. The monoisotopic (exact) mass is 463 g/mol. The number of carbonyl (C=O) groups is 1. The quantitative estimate of drug-likeness (QED) is 0.469. The molecule has 1 amide bonds. The molecule has 2 heterocycles. The summed E-state index contributed by atoms with van der Waals surface area (Å²) in [4.78, 5) is 29.4. The zero-order chi connectivity index (χ0) is 21.1. The number of nitrogens with zero attached hydrogens (tertiary/aromatic N) is 2. The van der Waals surface area contributed by atoms with Gasteiger partial charge in [-0.25, -0.2) is 4.98 Å². The zero-order valence-corrected chi connectivity index (χ0v) is 17.7. The van der Waals surface area contributed by atoms with Gasteiger partial charge in [-0.15, -0.1) is 0 Å². The van der Waals surface area contributed by atoms with Gasteiger partial charge in [-0.1, -0.05) is 34.1 Å². The van der Waals surface area contributed by atoms with Gasteiger partial charge in [0.25, 0.3) is 11.5 Å². The van der Waals surface area contributed by atoms with Crippen LogP contribution in [0.25, 0.3) is 5.65 Å². The molecule has 4 rings (SSSR count). The first kappa shape index (κ1) is 19.8. The smallest absolute Gasteiger partial charge is 0.258 e. The Morgan fingerprint density at radius 3 is 2.77 bits per heavy atom. The van der Waals surface area contributed by atoms with E-state index in [0.717, 1.165) is 10.0 Å². The summed E-state index contributed by atoms with van der Waals surface area (Å²) >= 11 is 3.37. The Morgan fingerprint density at radius 2 is 1.93 bits per heavy atom. The molecule has 7 heteroatoms. The Kier molecular flexibility index (Phi) is 5.63. The number of halogens is 1. The van der Waals surface area contributed by atoms with Crippen LogP contribution in [0, 0.1) is 6.92 Å². The maximum Gasteiger partial charge on any atom is 0.258 e. The van der Waals surface area contributed by atoms with Crippen molar-refractivity contribution in [3.63, 3.8) is 0 Å². The Bertz CT molecular complexity index is 1300. The lowest BCUT2D eigenvalue weighted by Gasteiger charge is -2.13. The minimum Gasteiger partial charge on any atom is -0.485 e. The van der Waals surface area contributed by atoms with E-state index >= 15 is 0 Å². The van der Waals surface area contributed by atoms with Crippen molar-refractivity contribution < 1.29 is 9.53 Å². The Labute approximate surface area is 181 Å². The number of nitrogens with one attached hydrogen (secondary N) is 1. The molecule has 6 nitrogen and oxygen atoms in total. The second-order valence-electron chi connectivity index (χ2n) is 6.77. The summed E-state index contributed by atoms with van der Waals surface area (Å²) in [5.74, 6) is 0.247. The summed E-state index contributed by atoms with van der Waals surface area (Å²) in [6.07, 6.45) is 1.71. The number of fused-ring (bicyclic) bond motifs is 1. The van der Waals surface area contributed by atoms with Gasteiger partial charge in [-0.3, -0.25) is 14.0 Å². The van der Waals surface area contributed by atoms with Crippen LogP contribution in [0.4, 0.5) is 5.69 Å². The fourth-order valence-electron chi connectivity index (χ4n) is 3.00. The maximum atomic E-state index is 12.6. The van der Waals surface area contributed by atoms with E-state index in [-0.39, 0.29) is 18.1 Å². The van der Waals surface area contributed by atoms with Crippen molar-refractivity contribution in [2.45, 2.75) is 13.5 Å². The third-order valence-corrected chi connectivity index (χ3v) is 4.97. The number of benzene rings is 2. The predicted molar refractivity (Wildman–Crippen MR) is 119 cm³/mol. The lowest BCUT2D eigenvalue weighted by atomic mass is 10.2. The fraction of sp³-hybridized carbons (Fsp3) is 0.0870. The second-order valence-corrected chi connectivity index (χ2v) is 7.68. The summed E-state index contributed by atoms with van der Waals surface area (Å²) in [7, 11) is 0. The van der Waals surface area contributed by atoms with Crippen molar-refractivity contribution in [1.82, 2.24) is 9.38 Å². The summed E-state index contributed by atoms with van der Waals surface area (Å²) in [6, 6.07) is 19.4. The van der Waals surface area contributed by atoms with Crippen molar-refractivity contribution >= 4 is 33.2 Å². The number of amides is 1. The topological polar surface area (TPSA) is 72.7 Å². The summed E-state index contributed by atoms with van der Waals surface area (Å²) in [5.41, 5.74) is 2.99. The van der Waals surface area contributed by atoms with E-state index in [4.69, 9.17) is 4.74 Å². The van der Waals surface area contributed by atoms with Crippen LogP contribution in [-0.4, -0.2) is 15.3 Å². The molecule has 0 spiro atoms. The normalized spacial score (nSPS) is 10.7. The third-order valence-electron chi connectivity index (χ3n) is 4.47. The molecular formula is C23H18BrN3O3. The van der Waals surface area contributed by atoms with Crippen LogP contribution in [0.1, 0.15) is 21.6 Å². The van der Waals surface area contributed by atoms with Crippen LogP contribution in [0.15, 0.2) is 82.2 Å². The average Bonchev–Trinajstić information content (AvgIpc) is 2.73. The molecule has 4 aromatic rings. The highest BCUT2D eigenvalue weighted by molar-refractivity contribution is 9.10. The van der Waals surface area contributed by atoms with Gasteiger partial charge < -0.3 is 10.1 Å². The molecule has 0 fully saturated rings. The van der Waals surface area contributed by atoms with E-state index in [2.05, 4.69) is 26.2 Å². The van der Waals surface area contributed by atoms with Gasteiger partial charge in [0.05, 0.1) is 11.4 Å². The Hall–Kier alpha value is -3.45. The molecule has 1 N–H and O–H groups in total. The molecule has 0 aliphatic heterocycles. The highest BCUT2D eigenvalue weighted by Gasteiger charge is 2.11. The molecule has 150 valence electrons. The number of pyridine rings is 1. The van der Waals surface area contributed by atoms with E-state index in [9.17, 15) is 9.59 Å². The number of anilines is 1. The first-order valence-electron chi connectivity index (χ1n) is 9.27. The summed E-state index contributed by atoms with van der Waals surface area (Å²) < 4.78 is 8.19. The lowest BCUT2D eigenvalue weighted by Crippen LogP contribution is -2.17. The molecule has 0 radical (unpaired) electrons. The minimum atomic E-state index is -0.245. The van der Waals surface area contributed by atoms with E-state index in [1.807, 2.05) is 37.3 Å². The molecule has 30 heavy (non-hydrogen) atoms. The van der Waals surface area contributed by atoms with Gasteiger partial charge in [-0.05, 0) is 55.0 Å². The van der Waals surface area contributed by atoms with Gasteiger partial charge >= 0.3 is 0 Å². The molecule has 0 aliphatic carbocycles. The molecule has 0 aliphatic rings. The van der Waals surface area contributed by atoms with Crippen molar-refractivity contribution in [1.29, 1.82) is 0 Å². The second kappa shape index (κ2) is 8.51. The molecule has 0 unspecified atom stereocenters. The molecule has 2 aromatic carbocycles. The average molecular weight is 464 g/mol. The SMILES string of the molecule is Cc1ccn2c(=O)cc(COc3ccccc3NC(=O)c3cccc(Br)c3)nc2c1. The molecule has 2 aromatic heterocycles. The molecule has 0 saturated heterocycles. The number of rotatable bonds is 5. The van der Waals surface area contributed by atoms with E-state index in [1.165, 1.54) is 10.5 Å². The summed E-state index contributed by atoms with van der Waals surface area (Å²) in [6.45, 7) is 2.04. The van der Waals surface area contributed by atoms with E-state index in [1.54, 1.807) is 36.5 Å². The van der Waals surface area contributed by atoms with Crippen molar-refractivity contribution in [3.05, 3.63) is 105 Å². The minimum absolute atomic E-state index is 0.101. The standard InChI is InChI=1S/C23H18BrN3O3/c1-15-9-10-27-21(11-15)25-18(13-22(27)28)14-30-20-8-3-2-7-19(20)26-23(29)16-5-4-6-17(24)12-16/h2-13H,14H2,1H3,(H,26,29). The van der Waals surface area contributed by atoms with Crippen LogP contribution >= 0.6 is 15.9 Å². The maximum absolute atomic E-state index is 12.6. The number of para-hydroxylation sites is 2. The first-order valence-corrected chi connectivity index (χ1v) is 10.1. The molecule has 0 bridgehead atoms. The lowest BCUT2D eigenvalue weighted by molar-refractivity contribution is 0.102. The highest BCUT2D eigenvalue weighted by atomic mass is 79.9. The van der Waals surface area contributed by atoms with Crippen LogP contribution in [0.2, 0.25) is 0 Å². The Morgan fingerprint density at radius 1 is 1.10 bits per heavy atom. The fourth-order valence-corrected chi connectivity index (χ4v) is 3.40. The van der Waals surface area contributed by atoms with Gasteiger partial charge in [0.2, 0.25) is 0 Å².